The van der Waals surface area contributed by atoms with E-state index in [4.69, 9.17) is 14.5 Å². The Bertz CT molecular complexity index is 1020. The first-order valence-corrected chi connectivity index (χ1v) is 10.7. The number of hydrogen-bond donors (Lipinski definition) is 0. The lowest BCUT2D eigenvalue weighted by Gasteiger charge is -2.33. The highest BCUT2D eigenvalue weighted by molar-refractivity contribution is 7.18. The lowest BCUT2D eigenvalue weighted by molar-refractivity contribution is -0.127. The summed E-state index contributed by atoms with van der Waals surface area (Å²) in [5, 5.41) is 1.13. The molecule has 1 aliphatic rings. The summed E-state index contributed by atoms with van der Waals surface area (Å²) < 4.78 is 11.9. The van der Waals surface area contributed by atoms with E-state index in [0.29, 0.717) is 18.8 Å². The number of aromatic nitrogens is 1. The van der Waals surface area contributed by atoms with Gasteiger partial charge in [-0.25, -0.2) is 4.98 Å². The van der Waals surface area contributed by atoms with E-state index in [1.54, 1.807) is 37.7 Å². The van der Waals surface area contributed by atoms with Gasteiger partial charge in [-0.05, 0) is 36.4 Å². The predicted molar refractivity (Wildman–Crippen MR) is 120 cm³/mol. The highest BCUT2D eigenvalue weighted by Gasteiger charge is 2.20. The molecule has 0 atom stereocenters. The molecule has 7 heteroatoms. The number of para-hydroxylation sites is 1. The van der Waals surface area contributed by atoms with Crippen molar-refractivity contribution in [2.24, 2.45) is 0 Å². The van der Waals surface area contributed by atoms with Crippen LogP contribution in [0.5, 0.6) is 11.5 Å². The second-order valence-electron chi connectivity index (χ2n) is 7.12. The van der Waals surface area contributed by atoms with Gasteiger partial charge in [0, 0.05) is 37.8 Å². The number of rotatable bonds is 6. The first-order chi connectivity index (χ1) is 14.7. The third-order valence-corrected chi connectivity index (χ3v) is 6.24. The van der Waals surface area contributed by atoms with E-state index in [0.717, 1.165) is 41.5 Å². The number of methoxy groups -OCH3 is 2. The van der Waals surface area contributed by atoms with Crippen molar-refractivity contribution >= 4 is 33.5 Å². The molecule has 0 unspecified atom stereocenters. The van der Waals surface area contributed by atoms with Gasteiger partial charge in [0.1, 0.15) is 16.5 Å². The monoisotopic (exact) mass is 423 g/mol. The summed E-state index contributed by atoms with van der Waals surface area (Å²) >= 11 is 1.74. The quantitative estimate of drug-likeness (QED) is 0.566. The molecular formula is C23H25N3O3S. The van der Waals surface area contributed by atoms with Gasteiger partial charge >= 0.3 is 0 Å². The summed E-state index contributed by atoms with van der Waals surface area (Å²) in [4.78, 5) is 21.6. The Morgan fingerprint density at radius 1 is 1.10 bits per heavy atom. The zero-order valence-corrected chi connectivity index (χ0v) is 18.0. The van der Waals surface area contributed by atoms with Crippen LogP contribution in [0.3, 0.4) is 0 Å². The normalized spacial score (nSPS) is 15.1. The number of benzene rings is 2. The van der Waals surface area contributed by atoms with Gasteiger partial charge in [0.05, 0.1) is 31.0 Å². The van der Waals surface area contributed by atoms with Crippen molar-refractivity contribution in [1.29, 1.82) is 0 Å². The molecule has 1 amide bonds. The molecule has 1 saturated heterocycles. The first kappa shape index (κ1) is 20.4. The van der Waals surface area contributed by atoms with Gasteiger partial charge < -0.3 is 14.4 Å². The Balaban J connectivity index is 1.33. The van der Waals surface area contributed by atoms with Crippen molar-refractivity contribution in [3.05, 3.63) is 59.1 Å². The smallest absolute Gasteiger partial charge is 0.246 e. The minimum atomic E-state index is 0.0134. The Hall–Kier alpha value is -2.90. The maximum Gasteiger partial charge on any atom is 0.246 e. The number of carbonyl (C=O) groups excluding carboxylic acids is 1. The van der Waals surface area contributed by atoms with E-state index in [1.807, 2.05) is 35.2 Å². The van der Waals surface area contributed by atoms with Gasteiger partial charge in [0.25, 0.3) is 0 Å². The zero-order chi connectivity index (χ0) is 20.9. The average molecular weight is 424 g/mol. The van der Waals surface area contributed by atoms with Crippen LogP contribution in [0.25, 0.3) is 16.3 Å². The second-order valence-corrected chi connectivity index (χ2v) is 8.23. The Kier molecular flexibility index (Phi) is 6.30. The summed E-state index contributed by atoms with van der Waals surface area (Å²) in [6.45, 7) is 3.95. The molecule has 1 aromatic heterocycles. The van der Waals surface area contributed by atoms with Crippen LogP contribution in [0.2, 0.25) is 0 Å². The molecule has 156 valence electrons. The summed E-state index contributed by atoms with van der Waals surface area (Å²) in [5.41, 5.74) is 1.88. The van der Waals surface area contributed by atoms with E-state index >= 15 is 0 Å². The number of carbonyl (C=O) groups is 1. The van der Waals surface area contributed by atoms with Crippen LogP contribution >= 0.6 is 11.3 Å². The molecule has 4 rings (SSSR count). The lowest BCUT2D eigenvalue weighted by Crippen LogP contribution is -2.47. The minimum Gasteiger partial charge on any atom is -0.497 e. The van der Waals surface area contributed by atoms with Crippen molar-refractivity contribution in [3.63, 3.8) is 0 Å². The number of thiazole rings is 1. The third-order valence-electron chi connectivity index (χ3n) is 5.22. The number of nitrogens with zero attached hydrogens (tertiary/aromatic N) is 3. The van der Waals surface area contributed by atoms with Crippen molar-refractivity contribution in [3.8, 4) is 11.5 Å². The molecule has 0 aliphatic carbocycles. The van der Waals surface area contributed by atoms with E-state index < -0.39 is 0 Å². The summed E-state index contributed by atoms with van der Waals surface area (Å²) in [6, 6.07) is 13.8. The number of ether oxygens (including phenoxy) is 2. The van der Waals surface area contributed by atoms with Crippen LogP contribution in [0.1, 0.15) is 10.6 Å². The fourth-order valence-electron chi connectivity index (χ4n) is 3.54. The molecule has 0 spiro atoms. The van der Waals surface area contributed by atoms with Gasteiger partial charge in [0.15, 0.2) is 0 Å². The first-order valence-electron chi connectivity index (χ1n) is 9.92. The Morgan fingerprint density at radius 2 is 1.90 bits per heavy atom. The molecule has 0 N–H and O–H groups in total. The van der Waals surface area contributed by atoms with Crippen LogP contribution in [0.15, 0.2) is 48.5 Å². The molecule has 30 heavy (non-hydrogen) atoms. The van der Waals surface area contributed by atoms with E-state index in [9.17, 15) is 4.79 Å². The molecule has 0 radical (unpaired) electrons. The van der Waals surface area contributed by atoms with Gasteiger partial charge in [0.2, 0.25) is 5.91 Å². The molecule has 0 bridgehead atoms. The van der Waals surface area contributed by atoms with E-state index in [-0.39, 0.29) is 5.91 Å². The lowest BCUT2D eigenvalue weighted by atomic mass is 10.1. The van der Waals surface area contributed by atoms with Crippen molar-refractivity contribution < 1.29 is 14.3 Å². The number of piperazine rings is 1. The number of hydrogen-bond acceptors (Lipinski definition) is 6. The highest BCUT2D eigenvalue weighted by atomic mass is 32.1. The molecule has 2 aromatic carbocycles. The second kappa shape index (κ2) is 9.28. The Morgan fingerprint density at radius 3 is 2.63 bits per heavy atom. The predicted octanol–water partition coefficient (Wildman–Crippen LogP) is 3.67. The molecule has 3 aromatic rings. The standard InChI is InChI=1S/C23H25N3O3S/c1-28-18-8-9-20(29-2)17(15-18)7-10-23(27)26-13-11-25(12-14-26)16-22-24-19-5-3-4-6-21(19)30-22/h3-10,15H,11-14,16H2,1-2H3/b10-7+. The third kappa shape index (κ3) is 4.63. The van der Waals surface area contributed by atoms with Crippen LogP contribution in [0.4, 0.5) is 0 Å². The molecule has 0 saturated carbocycles. The molecule has 1 fully saturated rings. The minimum absolute atomic E-state index is 0.0134. The van der Waals surface area contributed by atoms with Crippen LogP contribution in [-0.4, -0.2) is 61.1 Å². The average Bonchev–Trinajstić information content (AvgIpc) is 3.20. The summed E-state index contributed by atoms with van der Waals surface area (Å²) in [5.74, 6) is 1.45. The van der Waals surface area contributed by atoms with Crippen molar-refractivity contribution in [1.82, 2.24) is 14.8 Å². The summed E-state index contributed by atoms with van der Waals surface area (Å²) in [7, 11) is 3.24. The van der Waals surface area contributed by atoms with Crippen LogP contribution in [0, 0.1) is 0 Å². The Labute approximate surface area is 180 Å². The van der Waals surface area contributed by atoms with Gasteiger partial charge in [-0.2, -0.15) is 0 Å². The van der Waals surface area contributed by atoms with Crippen molar-refractivity contribution in [2.45, 2.75) is 6.54 Å². The van der Waals surface area contributed by atoms with Gasteiger partial charge in [-0.1, -0.05) is 12.1 Å². The topological polar surface area (TPSA) is 54.9 Å². The van der Waals surface area contributed by atoms with Crippen LogP contribution < -0.4 is 9.47 Å². The number of fused-ring (bicyclic) bond motifs is 1. The molecule has 2 heterocycles. The van der Waals surface area contributed by atoms with Crippen molar-refractivity contribution in [2.75, 3.05) is 40.4 Å². The van der Waals surface area contributed by atoms with Crippen LogP contribution in [-0.2, 0) is 11.3 Å². The molecular weight excluding hydrogens is 398 g/mol. The maximum atomic E-state index is 12.6. The largest absolute Gasteiger partial charge is 0.497 e. The van der Waals surface area contributed by atoms with E-state index in [2.05, 4.69) is 17.0 Å². The zero-order valence-electron chi connectivity index (χ0n) is 17.2. The molecule has 6 nitrogen and oxygen atoms in total. The molecule has 1 aliphatic heterocycles. The van der Waals surface area contributed by atoms with E-state index in [1.165, 1.54) is 4.70 Å². The fraction of sp³-hybridized carbons (Fsp3) is 0.304. The SMILES string of the molecule is COc1ccc(OC)c(/C=C/C(=O)N2CCN(Cc3nc4ccccc4s3)CC2)c1. The fourth-order valence-corrected chi connectivity index (χ4v) is 4.55. The summed E-state index contributed by atoms with van der Waals surface area (Å²) in [6.07, 6.45) is 3.40. The maximum absolute atomic E-state index is 12.6. The van der Waals surface area contributed by atoms with Gasteiger partial charge in [-0.3, -0.25) is 9.69 Å². The van der Waals surface area contributed by atoms with Gasteiger partial charge in [-0.15, -0.1) is 11.3 Å². The highest BCUT2D eigenvalue weighted by Crippen LogP contribution is 2.25. The number of amides is 1.